The van der Waals surface area contributed by atoms with E-state index in [2.05, 4.69) is 27.7 Å². The third-order valence-corrected chi connectivity index (χ3v) is 7.85. The Morgan fingerprint density at radius 3 is 0.750 bits per heavy atom. The van der Waals surface area contributed by atoms with Gasteiger partial charge in [-0.05, 0) is 55.4 Å². The van der Waals surface area contributed by atoms with Gasteiger partial charge in [0.1, 0.15) is 11.2 Å². The minimum atomic E-state index is -0.378. The SMILES string of the molecule is CC1(C)OC(=O)C(C)(C)C1(C)C.CC1(C)OC(=O)C(C)(C)C1(C)C. The molecule has 140 valence electrons. The molecule has 24 heavy (non-hydrogen) atoms. The van der Waals surface area contributed by atoms with E-state index in [1.54, 1.807) is 0 Å². The molecule has 0 N–H and O–H groups in total. The molecular weight excluding hydrogens is 304 g/mol. The molecule has 0 atom stereocenters. The van der Waals surface area contributed by atoms with Crippen molar-refractivity contribution in [2.75, 3.05) is 0 Å². The number of hydrogen-bond acceptors (Lipinski definition) is 4. The van der Waals surface area contributed by atoms with Gasteiger partial charge in [-0.2, -0.15) is 0 Å². The summed E-state index contributed by atoms with van der Waals surface area (Å²) in [5, 5.41) is 0. The van der Waals surface area contributed by atoms with Gasteiger partial charge in [0.15, 0.2) is 0 Å². The van der Waals surface area contributed by atoms with Crippen LogP contribution in [0, 0.1) is 21.7 Å². The van der Waals surface area contributed by atoms with Crippen molar-refractivity contribution < 1.29 is 19.1 Å². The van der Waals surface area contributed by atoms with Gasteiger partial charge in [0.2, 0.25) is 0 Å². The smallest absolute Gasteiger partial charge is 0.312 e. The van der Waals surface area contributed by atoms with E-state index >= 15 is 0 Å². The quantitative estimate of drug-likeness (QED) is 0.597. The molecule has 2 saturated heterocycles. The highest BCUT2D eigenvalue weighted by Crippen LogP contribution is 2.55. The molecule has 0 unspecified atom stereocenters. The van der Waals surface area contributed by atoms with Crippen molar-refractivity contribution in [2.24, 2.45) is 21.7 Å². The summed E-state index contributed by atoms with van der Waals surface area (Å²) in [6.07, 6.45) is 0. The van der Waals surface area contributed by atoms with Crippen LogP contribution in [0.2, 0.25) is 0 Å². The zero-order valence-electron chi connectivity index (χ0n) is 17.6. The van der Waals surface area contributed by atoms with Crippen molar-refractivity contribution in [3.63, 3.8) is 0 Å². The fourth-order valence-electron chi connectivity index (χ4n) is 2.99. The van der Waals surface area contributed by atoms with Crippen molar-refractivity contribution in [3.05, 3.63) is 0 Å². The first kappa shape index (κ1) is 21.0. The standard InChI is InChI=1S/2C10H18O2/c2*1-8(2)7(11)12-10(5,6)9(8,3)4/h2*1-6H3. The molecule has 0 spiro atoms. The van der Waals surface area contributed by atoms with Gasteiger partial charge < -0.3 is 9.47 Å². The Labute approximate surface area is 147 Å². The van der Waals surface area contributed by atoms with E-state index in [0.717, 1.165) is 0 Å². The molecule has 2 aliphatic rings. The highest BCUT2D eigenvalue weighted by molar-refractivity contribution is 5.80. The lowest BCUT2D eigenvalue weighted by atomic mass is 9.62. The highest BCUT2D eigenvalue weighted by atomic mass is 16.6. The van der Waals surface area contributed by atoms with Gasteiger partial charge in [0.25, 0.3) is 0 Å². The predicted molar refractivity (Wildman–Crippen MR) is 95.5 cm³/mol. The van der Waals surface area contributed by atoms with Crippen molar-refractivity contribution >= 4 is 11.9 Å². The Morgan fingerprint density at radius 1 is 0.500 bits per heavy atom. The van der Waals surface area contributed by atoms with E-state index in [1.807, 2.05) is 55.4 Å². The van der Waals surface area contributed by atoms with Crippen LogP contribution < -0.4 is 0 Å². The second-order valence-electron chi connectivity index (χ2n) is 10.3. The van der Waals surface area contributed by atoms with Crippen LogP contribution in [0.3, 0.4) is 0 Å². The molecule has 2 heterocycles. The molecular formula is C20H36O4. The summed E-state index contributed by atoms with van der Waals surface area (Å²) < 4.78 is 10.7. The molecule has 0 radical (unpaired) electrons. The van der Waals surface area contributed by atoms with E-state index in [4.69, 9.17) is 9.47 Å². The lowest BCUT2D eigenvalue weighted by Gasteiger charge is -2.38. The van der Waals surface area contributed by atoms with Gasteiger partial charge >= 0.3 is 11.9 Å². The van der Waals surface area contributed by atoms with Crippen molar-refractivity contribution in [1.29, 1.82) is 0 Å². The van der Waals surface area contributed by atoms with Crippen molar-refractivity contribution in [3.8, 4) is 0 Å². The van der Waals surface area contributed by atoms with Crippen LogP contribution >= 0.6 is 0 Å². The topological polar surface area (TPSA) is 52.6 Å². The van der Waals surface area contributed by atoms with Crippen LogP contribution in [-0.2, 0) is 19.1 Å². The highest BCUT2D eigenvalue weighted by Gasteiger charge is 2.62. The van der Waals surface area contributed by atoms with Crippen LogP contribution in [0.4, 0.5) is 0 Å². The molecule has 0 aromatic carbocycles. The van der Waals surface area contributed by atoms with Gasteiger partial charge in [-0.15, -0.1) is 0 Å². The average molecular weight is 341 g/mol. The number of hydrogen-bond donors (Lipinski definition) is 0. The average Bonchev–Trinajstić information content (AvgIpc) is 2.53. The van der Waals surface area contributed by atoms with Crippen LogP contribution in [0.1, 0.15) is 83.1 Å². The van der Waals surface area contributed by atoms with Gasteiger partial charge in [0, 0.05) is 10.8 Å². The molecule has 4 heteroatoms. The first-order chi connectivity index (χ1) is 10.3. The zero-order chi connectivity index (χ0) is 19.6. The molecule has 0 aromatic heterocycles. The minimum absolute atomic E-state index is 0.0856. The normalized spacial score (nSPS) is 30.0. The summed E-state index contributed by atoms with van der Waals surface area (Å²) in [6, 6.07) is 0. The molecule has 0 saturated carbocycles. The summed E-state index contributed by atoms with van der Waals surface area (Å²) >= 11 is 0. The molecule has 2 fully saturated rings. The Balaban J connectivity index is 0.000000240. The second kappa shape index (κ2) is 5.22. The summed E-state index contributed by atoms with van der Waals surface area (Å²) in [5.74, 6) is -0.171. The summed E-state index contributed by atoms with van der Waals surface area (Å²) in [5.41, 5.74) is -1.69. The summed E-state index contributed by atoms with van der Waals surface area (Å²) in [6.45, 7) is 24.0. The van der Waals surface area contributed by atoms with E-state index in [-0.39, 0.29) is 44.8 Å². The molecule has 0 amide bonds. The van der Waals surface area contributed by atoms with Crippen LogP contribution in [0.15, 0.2) is 0 Å². The van der Waals surface area contributed by atoms with Crippen LogP contribution in [-0.4, -0.2) is 23.1 Å². The monoisotopic (exact) mass is 340 g/mol. The third kappa shape index (κ3) is 2.57. The van der Waals surface area contributed by atoms with E-state index in [1.165, 1.54) is 0 Å². The van der Waals surface area contributed by atoms with E-state index < -0.39 is 0 Å². The fraction of sp³-hybridized carbons (Fsp3) is 0.900. The third-order valence-electron chi connectivity index (χ3n) is 7.85. The number of carbonyl (C=O) groups excluding carboxylic acids is 2. The maximum Gasteiger partial charge on any atom is 0.312 e. The van der Waals surface area contributed by atoms with Crippen LogP contribution in [0.5, 0.6) is 0 Å². The molecule has 2 rings (SSSR count). The Bertz CT molecular complexity index is 498. The Morgan fingerprint density at radius 2 is 0.708 bits per heavy atom. The number of carbonyl (C=O) groups is 2. The number of ether oxygens (including phenoxy) is 2. The van der Waals surface area contributed by atoms with Gasteiger partial charge in [-0.3, -0.25) is 9.59 Å². The van der Waals surface area contributed by atoms with Gasteiger partial charge in [0.05, 0.1) is 10.8 Å². The second-order valence-corrected chi connectivity index (χ2v) is 10.3. The van der Waals surface area contributed by atoms with Gasteiger partial charge in [-0.25, -0.2) is 0 Å². The largest absolute Gasteiger partial charge is 0.459 e. The summed E-state index contributed by atoms with van der Waals surface area (Å²) in [7, 11) is 0. The lowest BCUT2D eigenvalue weighted by Crippen LogP contribution is -2.42. The van der Waals surface area contributed by atoms with Crippen molar-refractivity contribution in [1.82, 2.24) is 0 Å². The van der Waals surface area contributed by atoms with Crippen LogP contribution in [0.25, 0.3) is 0 Å². The number of rotatable bonds is 0. The predicted octanol–water partition coefficient (Wildman–Crippen LogP) is 4.75. The molecule has 0 aliphatic carbocycles. The van der Waals surface area contributed by atoms with Gasteiger partial charge in [-0.1, -0.05) is 27.7 Å². The van der Waals surface area contributed by atoms with Crippen molar-refractivity contribution in [2.45, 2.75) is 94.3 Å². The lowest BCUT2D eigenvalue weighted by molar-refractivity contribution is -0.152. The first-order valence-electron chi connectivity index (χ1n) is 8.72. The zero-order valence-corrected chi connectivity index (χ0v) is 17.6. The molecule has 4 nitrogen and oxygen atoms in total. The van der Waals surface area contributed by atoms with E-state index in [0.29, 0.717) is 0 Å². The first-order valence-corrected chi connectivity index (χ1v) is 8.72. The van der Waals surface area contributed by atoms with E-state index in [9.17, 15) is 9.59 Å². The Kier molecular flexibility index (Phi) is 4.56. The maximum atomic E-state index is 11.5. The number of cyclic esters (lactones) is 2. The maximum absolute atomic E-state index is 11.5. The Hall–Kier alpha value is -1.06. The summed E-state index contributed by atoms with van der Waals surface area (Å²) in [4.78, 5) is 23.0. The minimum Gasteiger partial charge on any atom is -0.459 e. The molecule has 2 aliphatic heterocycles. The molecule has 0 aromatic rings. The fourth-order valence-corrected chi connectivity index (χ4v) is 2.99. The number of esters is 2. The molecule has 0 bridgehead atoms.